The number of methoxy groups -OCH3 is 1. The summed E-state index contributed by atoms with van der Waals surface area (Å²) >= 11 is 0. The molecule has 140 valence electrons. The molecule has 2 N–H and O–H groups in total. The van der Waals surface area contributed by atoms with E-state index in [-0.39, 0.29) is 11.6 Å². The standard InChI is InChI=1S/C19H26N4O3/c1-18(2,3)26-17(24)23-8-7-22(12-19(23)5-6-19)15-9-13(11-20)14(21)10-16(15)25-4/h9-10H,5-8,12,21H2,1-4H3. The van der Waals surface area contributed by atoms with E-state index in [1.807, 2.05) is 25.7 Å². The molecule has 2 fully saturated rings. The fourth-order valence-electron chi connectivity index (χ4n) is 3.45. The highest BCUT2D eigenvalue weighted by atomic mass is 16.6. The number of ether oxygens (including phenoxy) is 2. The molecule has 1 aromatic carbocycles. The number of nitriles is 1. The quantitative estimate of drug-likeness (QED) is 0.817. The summed E-state index contributed by atoms with van der Waals surface area (Å²) in [5.74, 6) is 0.642. The van der Waals surface area contributed by atoms with Gasteiger partial charge in [-0.3, -0.25) is 4.90 Å². The van der Waals surface area contributed by atoms with Gasteiger partial charge in [-0.2, -0.15) is 5.26 Å². The summed E-state index contributed by atoms with van der Waals surface area (Å²) < 4.78 is 11.0. The average Bonchev–Trinajstić information content (AvgIpc) is 3.32. The number of nitrogen functional groups attached to an aromatic ring is 1. The molecule has 1 saturated carbocycles. The zero-order chi connectivity index (χ0) is 19.1. The van der Waals surface area contributed by atoms with Crippen molar-refractivity contribution in [2.45, 2.75) is 44.8 Å². The molecule has 1 heterocycles. The molecule has 1 saturated heterocycles. The van der Waals surface area contributed by atoms with Crippen LogP contribution in [0.1, 0.15) is 39.2 Å². The Bertz CT molecular complexity index is 759. The highest BCUT2D eigenvalue weighted by Gasteiger charge is 2.54. The number of anilines is 2. The molecule has 0 aromatic heterocycles. The minimum Gasteiger partial charge on any atom is -0.495 e. The fourth-order valence-corrected chi connectivity index (χ4v) is 3.45. The summed E-state index contributed by atoms with van der Waals surface area (Å²) in [7, 11) is 1.59. The molecule has 2 aliphatic rings. The van der Waals surface area contributed by atoms with E-state index in [0.717, 1.165) is 18.5 Å². The van der Waals surface area contributed by atoms with Crippen molar-refractivity contribution in [2.24, 2.45) is 0 Å². The van der Waals surface area contributed by atoms with Gasteiger partial charge in [-0.25, -0.2) is 4.79 Å². The predicted octanol–water partition coefficient (Wildman–Crippen LogP) is 2.74. The number of hydrogen-bond donors (Lipinski definition) is 1. The van der Waals surface area contributed by atoms with Gasteiger partial charge in [-0.15, -0.1) is 0 Å². The second-order valence-electron chi connectivity index (χ2n) is 8.00. The van der Waals surface area contributed by atoms with Crippen LogP contribution in [0.3, 0.4) is 0 Å². The van der Waals surface area contributed by atoms with Crippen molar-refractivity contribution in [3.63, 3.8) is 0 Å². The van der Waals surface area contributed by atoms with Gasteiger partial charge in [0.05, 0.1) is 29.6 Å². The lowest BCUT2D eigenvalue weighted by molar-refractivity contribution is 0.0106. The van der Waals surface area contributed by atoms with Crippen LogP contribution in [-0.2, 0) is 4.74 Å². The van der Waals surface area contributed by atoms with Gasteiger partial charge in [0.2, 0.25) is 0 Å². The number of benzene rings is 1. The molecule has 7 nitrogen and oxygen atoms in total. The third-order valence-corrected chi connectivity index (χ3v) is 4.90. The van der Waals surface area contributed by atoms with Crippen LogP contribution in [0.15, 0.2) is 12.1 Å². The van der Waals surface area contributed by atoms with Crippen LogP contribution in [0.4, 0.5) is 16.2 Å². The van der Waals surface area contributed by atoms with Crippen LogP contribution in [0.5, 0.6) is 5.75 Å². The molecule has 1 amide bonds. The van der Waals surface area contributed by atoms with E-state index in [9.17, 15) is 10.1 Å². The Morgan fingerprint density at radius 1 is 1.31 bits per heavy atom. The third-order valence-electron chi connectivity index (χ3n) is 4.90. The Morgan fingerprint density at radius 3 is 2.54 bits per heavy atom. The maximum absolute atomic E-state index is 12.6. The molecule has 26 heavy (non-hydrogen) atoms. The number of carbonyl (C=O) groups excluding carboxylic acids is 1. The van der Waals surface area contributed by atoms with Gasteiger partial charge < -0.3 is 20.1 Å². The largest absolute Gasteiger partial charge is 0.495 e. The molecule has 0 unspecified atom stereocenters. The second-order valence-corrected chi connectivity index (χ2v) is 8.00. The number of nitrogens with two attached hydrogens (primary N) is 1. The van der Waals surface area contributed by atoms with Gasteiger partial charge in [0.1, 0.15) is 17.4 Å². The highest BCUT2D eigenvalue weighted by Crippen LogP contribution is 2.47. The lowest BCUT2D eigenvalue weighted by atomic mass is 10.1. The first kappa shape index (κ1) is 18.2. The molecule has 0 atom stereocenters. The summed E-state index contributed by atoms with van der Waals surface area (Å²) in [6.45, 7) is 7.55. The van der Waals surface area contributed by atoms with Crippen LogP contribution in [0.25, 0.3) is 0 Å². The lowest BCUT2D eigenvalue weighted by Crippen LogP contribution is -2.58. The van der Waals surface area contributed by atoms with Crippen LogP contribution in [0, 0.1) is 11.3 Å². The van der Waals surface area contributed by atoms with Crippen molar-refractivity contribution in [2.75, 3.05) is 37.4 Å². The normalized spacial score (nSPS) is 18.4. The average molecular weight is 358 g/mol. The van der Waals surface area contributed by atoms with Gasteiger partial charge in [0.15, 0.2) is 0 Å². The van der Waals surface area contributed by atoms with E-state index in [1.165, 1.54) is 0 Å². The summed E-state index contributed by atoms with van der Waals surface area (Å²) in [5.41, 5.74) is 6.88. The van der Waals surface area contributed by atoms with Gasteiger partial charge in [0, 0.05) is 25.7 Å². The predicted molar refractivity (Wildman–Crippen MR) is 99.2 cm³/mol. The molecule has 0 radical (unpaired) electrons. The first-order chi connectivity index (χ1) is 12.2. The second kappa shape index (κ2) is 6.27. The van der Waals surface area contributed by atoms with E-state index in [4.69, 9.17) is 15.2 Å². The maximum Gasteiger partial charge on any atom is 0.410 e. The van der Waals surface area contributed by atoms with Crippen molar-refractivity contribution in [1.82, 2.24) is 4.90 Å². The molecular formula is C19H26N4O3. The Kier molecular flexibility index (Phi) is 4.39. The van der Waals surface area contributed by atoms with E-state index in [0.29, 0.717) is 36.6 Å². The van der Waals surface area contributed by atoms with Crippen LogP contribution >= 0.6 is 0 Å². The molecule has 1 aromatic rings. The Balaban J connectivity index is 1.83. The minimum absolute atomic E-state index is 0.195. The summed E-state index contributed by atoms with van der Waals surface area (Å²) in [6, 6.07) is 5.58. The minimum atomic E-state index is -0.508. The third kappa shape index (κ3) is 3.36. The first-order valence-corrected chi connectivity index (χ1v) is 8.82. The molecule has 1 aliphatic heterocycles. The van der Waals surface area contributed by atoms with Gasteiger partial charge in [-0.1, -0.05) is 0 Å². The number of nitrogens with zero attached hydrogens (tertiary/aromatic N) is 3. The fraction of sp³-hybridized carbons (Fsp3) is 0.579. The van der Waals surface area contributed by atoms with E-state index >= 15 is 0 Å². The van der Waals surface area contributed by atoms with Gasteiger partial charge in [0.25, 0.3) is 0 Å². The number of hydrogen-bond acceptors (Lipinski definition) is 6. The van der Waals surface area contributed by atoms with Crippen LogP contribution < -0.4 is 15.4 Å². The number of rotatable bonds is 2. The van der Waals surface area contributed by atoms with Gasteiger partial charge >= 0.3 is 6.09 Å². The van der Waals surface area contributed by atoms with Crippen molar-refractivity contribution in [1.29, 1.82) is 5.26 Å². The summed E-state index contributed by atoms with van der Waals surface area (Å²) in [5, 5.41) is 9.28. The van der Waals surface area contributed by atoms with E-state index in [1.54, 1.807) is 19.2 Å². The molecule has 0 bridgehead atoms. The van der Waals surface area contributed by atoms with Crippen molar-refractivity contribution in [3.8, 4) is 11.8 Å². The maximum atomic E-state index is 12.6. The monoisotopic (exact) mass is 358 g/mol. The first-order valence-electron chi connectivity index (χ1n) is 8.82. The summed E-state index contributed by atoms with van der Waals surface area (Å²) in [4.78, 5) is 16.6. The Hall–Kier alpha value is -2.62. The molecule has 7 heteroatoms. The Labute approximate surface area is 154 Å². The van der Waals surface area contributed by atoms with E-state index in [2.05, 4.69) is 11.0 Å². The zero-order valence-electron chi connectivity index (χ0n) is 15.8. The SMILES string of the molecule is COc1cc(N)c(C#N)cc1N1CCN(C(=O)OC(C)(C)C)C2(CC2)C1. The Morgan fingerprint density at radius 2 is 2.00 bits per heavy atom. The molecule has 1 spiro atoms. The van der Waals surface area contributed by atoms with Crippen molar-refractivity contribution < 1.29 is 14.3 Å². The van der Waals surface area contributed by atoms with Gasteiger partial charge in [-0.05, 0) is 39.7 Å². The molecular weight excluding hydrogens is 332 g/mol. The van der Waals surface area contributed by atoms with E-state index < -0.39 is 5.60 Å². The van der Waals surface area contributed by atoms with Crippen LogP contribution in [0.2, 0.25) is 0 Å². The zero-order valence-corrected chi connectivity index (χ0v) is 15.8. The van der Waals surface area contributed by atoms with Crippen molar-refractivity contribution in [3.05, 3.63) is 17.7 Å². The number of carbonyl (C=O) groups is 1. The lowest BCUT2D eigenvalue weighted by Gasteiger charge is -2.43. The van der Waals surface area contributed by atoms with Crippen molar-refractivity contribution >= 4 is 17.5 Å². The topological polar surface area (TPSA) is 91.8 Å². The number of piperazine rings is 1. The molecule has 1 aliphatic carbocycles. The highest BCUT2D eigenvalue weighted by molar-refractivity contribution is 5.73. The molecule has 3 rings (SSSR count). The smallest absolute Gasteiger partial charge is 0.410 e. The number of amides is 1. The summed E-state index contributed by atoms with van der Waals surface area (Å²) in [6.07, 6.45) is 1.65. The van der Waals surface area contributed by atoms with Crippen LogP contribution in [-0.4, -0.2) is 48.9 Å².